The van der Waals surface area contributed by atoms with Crippen LogP contribution >= 0.6 is 0 Å². The van der Waals surface area contributed by atoms with Crippen molar-refractivity contribution < 1.29 is 9.13 Å². The van der Waals surface area contributed by atoms with E-state index in [1.807, 2.05) is 12.3 Å². The number of rotatable bonds is 7. The molecule has 6 heteroatoms. The third-order valence-electron chi connectivity index (χ3n) is 7.24. The highest BCUT2D eigenvalue weighted by Crippen LogP contribution is 2.30. The third-order valence-corrected chi connectivity index (χ3v) is 7.24. The van der Waals surface area contributed by atoms with Gasteiger partial charge in [0.2, 0.25) is 0 Å². The van der Waals surface area contributed by atoms with Crippen molar-refractivity contribution in [1.29, 1.82) is 0 Å². The van der Waals surface area contributed by atoms with Gasteiger partial charge in [-0.15, -0.1) is 0 Å². The van der Waals surface area contributed by atoms with Gasteiger partial charge in [0, 0.05) is 67.7 Å². The summed E-state index contributed by atoms with van der Waals surface area (Å²) in [6.45, 7) is 11.4. The van der Waals surface area contributed by atoms with Crippen LogP contribution < -0.4 is 9.80 Å². The van der Waals surface area contributed by atoms with Crippen molar-refractivity contribution in [3.8, 4) is 0 Å². The van der Waals surface area contributed by atoms with Gasteiger partial charge in [-0.2, -0.15) is 0 Å². The molecule has 3 heterocycles. The molecule has 0 atom stereocenters. The highest BCUT2D eigenvalue weighted by Gasteiger charge is 2.21. The first-order valence-corrected chi connectivity index (χ1v) is 12.3. The van der Waals surface area contributed by atoms with E-state index in [0.717, 1.165) is 82.8 Å². The van der Waals surface area contributed by atoms with Crippen LogP contribution in [0, 0.1) is 12.7 Å². The van der Waals surface area contributed by atoms with Gasteiger partial charge in [0.15, 0.2) is 0 Å². The number of aromatic nitrogens is 1. The Bertz CT molecular complexity index is 1070. The first-order chi connectivity index (χ1) is 16.2. The van der Waals surface area contributed by atoms with Crippen molar-refractivity contribution in [2.24, 2.45) is 0 Å². The maximum absolute atomic E-state index is 13.6. The van der Waals surface area contributed by atoms with E-state index in [0.29, 0.717) is 0 Å². The summed E-state index contributed by atoms with van der Waals surface area (Å²) in [5.74, 6) is -0.160. The molecule has 2 saturated heterocycles. The molecular formula is C27H35FN4O. The molecule has 2 aromatic carbocycles. The standard InChI is InChI=1S/C27H35FN4O/c1-21-26(6-4-7-27(21)32-15-17-33-18-16-32)31-13-11-30(12-14-31)10-3-2-5-22-20-29-25-9-8-23(28)19-24(22)25/h4,6-9,19-20,29H,2-3,5,10-18H2,1H3. The smallest absolute Gasteiger partial charge is 0.123 e. The van der Waals surface area contributed by atoms with Crippen molar-refractivity contribution in [1.82, 2.24) is 9.88 Å². The maximum atomic E-state index is 13.6. The number of hydrogen-bond donors (Lipinski definition) is 1. The highest BCUT2D eigenvalue weighted by molar-refractivity contribution is 5.83. The number of unbranched alkanes of at least 4 members (excludes halogenated alkanes) is 1. The lowest BCUT2D eigenvalue weighted by atomic mass is 10.1. The summed E-state index contributed by atoms with van der Waals surface area (Å²) in [6, 6.07) is 11.7. The van der Waals surface area contributed by atoms with E-state index in [1.54, 1.807) is 6.07 Å². The van der Waals surface area contributed by atoms with Gasteiger partial charge in [-0.05, 0) is 74.2 Å². The van der Waals surface area contributed by atoms with E-state index < -0.39 is 0 Å². The van der Waals surface area contributed by atoms with Crippen molar-refractivity contribution in [2.45, 2.75) is 26.2 Å². The Labute approximate surface area is 196 Å². The summed E-state index contributed by atoms with van der Waals surface area (Å²) in [4.78, 5) is 10.9. The minimum absolute atomic E-state index is 0.160. The number of nitrogens with zero attached hydrogens (tertiary/aromatic N) is 3. The predicted molar refractivity (Wildman–Crippen MR) is 134 cm³/mol. The summed E-state index contributed by atoms with van der Waals surface area (Å²) < 4.78 is 19.1. The molecular weight excluding hydrogens is 415 g/mol. The SMILES string of the molecule is Cc1c(N2CCOCC2)cccc1N1CCN(CCCCc2c[nH]c3ccc(F)cc23)CC1. The van der Waals surface area contributed by atoms with Crippen LogP contribution in [0.3, 0.4) is 0 Å². The Balaban J connectivity index is 1.10. The zero-order valence-corrected chi connectivity index (χ0v) is 19.7. The average molecular weight is 451 g/mol. The molecule has 1 N–H and O–H groups in total. The number of piperazine rings is 1. The number of halogens is 1. The number of H-pyrrole nitrogens is 1. The van der Waals surface area contributed by atoms with Crippen molar-refractivity contribution in [2.75, 3.05) is 68.8 Å². The Morgan fingerprint density at radius 1 is 0.909 bits per heavy atom. The summed E-state index contributed by atoms with van der Waals surface area (Å²) in [5, 5.41) is 1.03. The number of hydrogen-bond acceptors (Lipinski definition) is 4. The minimum atomic E-state index is -0.160. The zero-order chi connectivity index (χ0) is 22.6. The summed E-state index contributed by atoms with van der Waals surface area (Å²) in [5.41, 5.74) is 6.38. The highest BCUT2D eigenvalue weighted by atomic mass is 19.1. The Hall–Kier alpha value is -2.57. The Kier molecular flexibility index (Phi) is 6.83. The van der Waals surface area contributed by atoms with Crippen LogP contribution in [0.4, 0.5) is 15.8 Å². The van der Waals surface area contributed by atoms with E-state index >= 15 is 0 Å². The van der Waals surface area contributed by atoms with Crippen molar-refractivity contribution in [3.05, 3.63) is 59.5 Å². The number of ether oxygens (including phenoxy) is 1. The second kappa shape index (κ2) is 10.1. The van der Waals surface area contributed by atoms with Gasteiger partial charge in [0.05, 0.1) is 13.2 Å². The van der Waals surface area contributed by atoms with E-state index in [9.17, 15) is 4.39 Å². The molecule has 2 aliphatic heterocycles. The fraction of sp³-hybridized carbons (Fsp3) is 0.481. The molecule has 3 aromatic rings. The molecule has 0 unspecified atom stereocenters. The second-order valence-electron chi connectivity index (χ2n) is 9.31. The molecule has 5 rings (SSSR count). The van der Waals surface area contributed by atoms with Gasteiger partial charge in [-0.25, -0.2) is 4.39 Å². The monoisotopic (exact) mass is 450 g/mol. The molecule has 0 saturated carbocycles. The molecule has 0 radical (unpaired) electrons. The zero-order valence-electron chi connectivity index (χ0n) is 19.7. The van der Waals surface area contributed by atoms with Gasteiger partial charge >= 0.3 is 0 Å². The molecule has 176 valence electrons. The number of aryl methyl sites for hydroxylation is 1. The fourth-order valence-electron chi connectivity index (χ4n) is 5.32. The predicted octanol–water partition coefficient (Wildman–Crippen LogP) is 4.60. The third kappa shape index (κ3) is 5.02. The van der Waals surface area contributed by atoms with E-state index in [-0.39, 0.29) is 5.82 Å². The number of anilines is 2. The van der Waals surface area contributed by atoms with Gasteiger partial charge in [-0.1, -0.05) is 6.07 Å². The topological polar surface area (TPSA) is 34.7 Å². The maximum Gasteiger partial charge on any atom is 0.123 e. The first kappa shape index (κ1) is 22.2. The van der Waals surface area contributed by atoms with E-state index in [1.165, 1.54) is 35.0 Å². The largest absolute Gasteiger partial charge is 0.378 e. The molecule has 0 spiro atoms. The lowest BCUT2D eigenvalue weighted by Crippen LogP contribution is -2.47. The number of benzene rings is 2. The Morgan fingerprint density at radius 3 is 2.39 bits per heavy atom. The number of aromatic amines is 1. The number of nitrogens with one attached hydrogen (secondary N) is 1. The lowest BCUT2D eigenvalue weighted by Gasteiger charge is -2.38. The molecule has 5 nitrogen and oxygen atoms in total. The quantitative estimate of drug-likeness (QED) is 0.534. The molecule has 2 aliphatic rings. The Morgan fingerprint density at radius 2 is 1.64 bits per heavy atom. The molecule has 0 aliphatic carbocycles. The van der Waals surface area contributed by atoms with Gasteiger partial charge in [0.1, 0.15) is 5.82 Å². The van der Waals surface area contributed by atoms with Gasteiger partial charge in [0.25, 0.3) is 0 Å². The molecule has 0 bridgehead atoms. The number of fused-ring (bicyclic) bond motifs is 1. The average Bonchev–Trinajstić information content (AvgIpc) is 3.25. The fourth-order valence-corrected chi connectivity index (χ4v) is 5.32. The van der Waals surface area contributed by atoms with Crippen LogP contribution in [0.15, 0.2) is 42.6 Å². The van der Waals surface area contributed by atoms with Crippen LogP contribution in [0.5, 0.6) is 0 Å². The van der Waals surface area contributed by atoms with Crippen LogP contribution in [0.1, 0.15) is 24.0 Å². The number of morpholine rings is 1. The van der Waals surface area contributed by atoms with Crippen LogP contribution in [-0.4, -0.2) is 68.9 Å². The van der Waals surface area contributed by atoms with Crippen LogP contribution in [0.25, 0.3) is 10.9 Å². The lowest BCUT2D eigenvalue weighted by molar-refractivity contribution is 0.122. The van der Waals surface area contributed by atoms with E-state index in [2.05, 4.69) is 44.8 Å². The second-order valence-corrected chi connectivity index (χ2v) is 9.31. The van der Waals surface area contributed by atoms with E-state index in [4.69, 9.17) is 4.74 Å². The molecule has 1 aromatic heterocycles. The van der Waals surface area contributed by atoms with Gasteiger partial charge < -0.3 is 19.5 Å². The molecule has 2 fully saturated rings. The van der Waals surface area contributed by atoms with Gasteiger partial charge in [-0.3, -0.25) is 4.90 Å². The molecule has 0 amide bonds. The molecule has 33 heavy (non-hydrogen) atoms. The summed E-state index contributed by atoms with van der Waals surface area (Å²) >= 11 is 0. The van der Waals surface area contributed by atoms with Crippen LogP contribution in [0.2, 0.25) is 0 Å². The van der Waals surface area contributed by atoms with Crippen molar-refractivity contribution in [3.63, 3.8) is 0 Å². The summed E-state index contributed by atoms with van der Waals surface area (Å²) in [6.07, 6.45) is 5.34. The normalized spacial score (nSPS) is 17.8. The summed E-state index contributed by atoms with van der Waals surface area (Å²) in [7, 11) is 0. The minimum Gasteiger partial charge on any atom is -0.378 e. The van der Waals surface area contributed by atoms with Crippen LogP contribution in [-0.2, 0) is 11.2 Å². The van der Waals surface area contributed by atoms with Crippen molar-refractivity contribution >= 4 is 22.3 Å². The first-order valence-electron chi connectivity index (χ1n) is 12.3.